The Hall–Kier alpha value is -1.80. The first-order valence-corrected chi connectivity index (χ1v) is 8.46. The molecule has 0 radical (unpaired) electrons. The third-order valence-corrected chi connectivity index (χ3v) is 4.57. The van der Waals surface area contributed by atoms with Crippen LogP contribution in [-0.4, -0.2) is 45.6 Å². The zero-order valence-electron chi connectivity index (χ0n) is 13.7. The van der Waals surface area contributed by atoms with E-state index < -0.39 is 0 Å². The lowest BCUT2D eigenvalue weighted by Gasteiger charge is -2.31. The minimum absolute atomic E-state index is 0.174. The quantitative estimate of drug-likeness (QED) is 0.829. The van der Waals surface area contributed by atoms with Crippen LogP contribution in [0.3, 0.4) is 0 Å². The summed E-state index contributed by atoms with van der Waals surface area (Å²) in [5.74, 6) is 1.40. The Morgan fingerprint density at radius 2 is 2.04 bits per heavy atom. The molecule has 1 aliphatic rings. The van der Waals surface area contributed by atoms with Gasteiger partial charge in [0.2, 0.25) is 11.0 Å². The molecule has 0 unspecified atom stereocenters. The molecule has 23 heavy (non-hydrogen) atoms. The number of piperidine rings is 1. The van der Waals surface area contributed by atoms with E-state index in [0.717, 1.165) is 48.3 Å². The van der Waals surface area contributed by atoms with Crippen molar-refractivity contribution in [2.45, 2.75) is 39.4 Å². The third-order valence-electron chi connectivity index (χ3n) is 3.75. The van der Waals surface area contributed by atoms with Crippen LogP contribution >= 0.6 is 11.5 Å². The average molecular weight is 335 g/mol. The topological polar surface area (TPSA) is 73.3 Å². The van der Waals surface area contributed by atoms with E-state index in [9.17, 15) is 0 Å². The molecule has 0 atom stereocenters. The fourth-order valence-electron chi connectivity index (χ4n) is 2.51. The fourth-order valence-corrected chi connectivity index (χ4v) is 3.24. The molecule has 2 aromatic heterocycles. The van der Waals surface area contributed by atoms with Crippen molar-refractivity contribution in [2.24, 2.45) is 0 Å². The molecule has 0 aliphatic carbocycles. The van der Waals surface area contributed by atoms with Crippen LogP contribution in [0.25, 0.3) is 0 Å². The molecule has 1 fully saturated rings. The van der Waals surface area contributed by atoms with Crippen molar-refractivity contribution in [3.8, 4) is 5.88 Å². The van der Waals surface area contributed by atoms with Crippen molar-refractivity contribution >= 4 is 16.7 Å². The van der Waals surface area contributed by atoms with Gasteiger partial charge in [-0.1, -0.05) is 0 Å². The predicted molar refractivity (Wildman–Crippen MR) is 88.0 cm³/mol. The summed E-state index contributed by atoms with van der Waals surface area (Å²) in [6, 6.07) is 0. The molecule has 124 valence electrons. The number of hydrogen-bond donors (Lipinski definition) is 0. The van der Waals surface area contributed by atoms with Crippen LogP contribution in [0.5, 0.6) is 5.88 Å². The Kier molecular flexibility index (Phi) is 5.02. The largest absolute Gasteiger partial charge is 0.473 e. The van der Waals surface area contributed by atoms with Crippen LogP contribution in [0, 0.1) is 13.8 Å². The van der Waals surface area contributed by atoms with E-state index in [0.29, 0.717) is 12.5 Å². The maximum atomic E-state index is 6.04. The lowest BCUT2D eigenvalue weighted by Crippen LogP contribution is -2.38. The van der Waals surface area contributed by atoms with Crippen molar-refractivity contribution in [3.05, 3.63) is 23.4 Å². The van der Waals surface area contributed by atoms with Gasteiger partial charge in [0, 0.05) is 50.8 Å². The Morgan fingerprint density at radius 1 is 1.26 bits per heavy atom. The van der Waals surface area contributed by atoms with Crippen LogP contribution in [0.1, 0.15) is 30.1 Å². The van der Waals surface area contributed by atoms with Gasteiger partial charge in [-0.3, -0.25) is 4.98 Å². The van der Waals surface area contributed by atoms with Gasteiger partial charge >= 0.3 is 0 Å². The molecule has 2 aromatic rings. The molecule has 8 heteroatoms. The molecule has 7 nitrogen and oxygen atoms in total. The molecular weight excluding hydrogens is 314 g/mol. The van der Waals surface area contributed by atoms with Crippen LogP contribution in [0.2, 0.25) is 0 Å². The van der Waals surface area contributed by atoms with Gasteiger partial charge < -0.3 is 14.4 Å². The second-order valence-electron chi connectivity index (χ2n) is 5.63. The summed E-state index contributed by atoms with van der Waals surface area (Å²) in [6.45, 7) is 6.13. The molecule has 0 bridgehead atoms. The highest BCUT2D eigenvalue weighted by molar-refractivity contribution is 7.09. The van der Waals surface area contributed by atoms with Gasteiger partial charge in [0.25, 0.3) is 0 Å². The van der Waals surface area contributed by atoms with Crippen molar-refractivity contribution in [1.29, 1.82) is 0 Å². The van der Waals surface area contributed by atoms with Gasteiger partial charge in [-0.15, -0.1) is 0 Å². The highest BCUT2D eigenvalue weighted by Crippen LogP contribution is 2.25. The van der Waals surface area contributed by atoms with E-state index in [1.54, 1.807) is 13.3 Å². The number of hydrogen-bond acceptors (Lipinski definition) is 8. The number of ether oxygens (including phenoxy) is 2. The molecule has 3 rings (SSSR count). The molecule has 0 spiro atoms. The normalized spacial score (nSPS) is 15.9. The molecule has 1 saturated heterocycles. The van der Waals surface area contributed by atoms with Crippen LogP contribution in [-0.2, 0) is 11.3 Å². The van der Waals surface area contributed by atoms with Crippen molar-refractivity contribution < 1.29 is 9.47 Å². The Morgan fingerprint density at radius 3 is 2.78 bits per heavy atom. The van der Waals surface area contributed by atoms with E-state index in [1.807, 2.05) is 13.8 Å². The SMILES string of the molecule is COCc1nsc(N2CCC(Oc3nc(C)cnc3C)CC2)n1. The van der Waals surface area contributed by atoms with Crippen molar-refractivity contribution in [3.63, 3.8) is 0 Å². The van der Waals surface area contributed by atoms with Gasteiger partial charge in [0.05, 0.1) is 11.4 Å². The number of methoxy groups -OCH3 is 1. The summed E-state index contributed by atoms with van der Waals surface area (Å²) in [6.07, 6.45) is 3.81. The minimum Gasteiger partial charge on any atom is -0.473 e. The number of aromatic nitrogens is 4. The highest BCUT2D eigenvalue weighted by atomic mass is 32.1. The number of rotatable bonds is 5. The zero-order chi connectivity index (χ0) is 16.2. The molecule has 1 aliphatic heterocycles. The van der Waals surface area contributed by atoms with E-state index >= 15 is 0 Å². The van der Waals surface area contributed by atoms with Crippen LogP contribution in [0.4, 0.5) is 5.13 Å². The third kappa shape index (κ3) is 3.94. The molecule has 0 N–H and O–H groups in total. The molecule has 0 aromatic carbocycles. The second kappa shape index (κ2) is 7.18. The maximum absolute atomic E-state index is 6.04. The van der Waals surface area contributed by atoms with Gasteiger partial charge in [-0.2, -0.15) is 4.37 Å². The van der Waals surface area contributed by atoms with E-state index in [2.05, 4.69) is 24.2 Å². The first kappa shape index (κ1) is 16.1. The average Bonchev–Trinajstić information content (AvgIpc) is 3.01. The first-order valence-electron chi connectivity index (χ1n) is 7.69. The maximum Gasteiger partial charge on any atom is 0.235 e. The first-order chi connectivity index (χ1) is 11.2. The second-order valence-corrected chi connectivity index (χ2v) is 6.36. The van der Waals surface area contributed by atoms with Crippen molar-refractivity contribution in [2.75, 3.05) is 25.1 Å². The Labute approximate surface area is 139 Å². The summed E-state index contributed by atoms with van der Waals surface area (Å²) in [5, 5.41) is 0.960. The smallest absolute Gasteiger partial charge is 0.235 e. The number of nitrogens with zero attached hydrogens (tertiary/aromatic N) is 5. The van der Waals surface area contributed by atoms with Crippen molar-refractivity contribution in [1.82, 2.24) is 19.3 Å². The number of anilines is 1. The van der Waals surface area contributed by atoms with E-state index in [-0.39, 0.29) is 6.10 Å². The Bertz CT molecular complexity index is 655. The van der Waals surface area contributed by atoms with Crippen LogP contribution < -0.4 is 9.64 Å². The van der Waals surface area contributed by atoms with Gasteiger partial charge in [0.15, 0.2) is 5.82 Å². The monoisotopic (exact) mass is 335 g/mol. The summed E-state index contributed by atoms with van der Waals surface area (Å²) >= 11 is 1.43. The lowest BCUT2D eigenvalue weighted by molar-refractivity contribution is 0.161. The number of aryl methyl sites for hydroxylation is 2. The molecule has 3 heterocycles. The minimum atomic E-state index is 0.174. The molecular formula is C15H21N5O2S. The van der Waals surface area contributed by atoms with E-state index in [1.165, 1.54) is 11.5 Å². The zero-order valence-corrected chi connectivity index (χ0v) is 14.5. The van der Waals surface area contributed by atoms with E-state index in [4.69, 9.17) is 9.47 Å². The predicted octanol–water partition coefficient (Wildman–Crippen LogP) is 2.14. The molecule has 0 saturated carbocycles. The summed E-state index contributed by atoms with van der Waals surface area (Å²) in [7, 11) is 1.65. The Balaban J connectivity index is 1.56. The fraction of sp³-hybridized carbons (Fsp3) is 0.600. The highest BCUT2D eigenvalue weighted by Gasteiger charge is 2.24. The molecule has 0 amide bonds. The standard InChI is InChI=1S/C15H21N5O2S/c1-10-8-16-11(2)14(17-10)22-12-4-6-20(7-5-12)15-18-13(9-21-3)19-23-15/h8,12H,4-7,9H2,1-3H3. The lowest BCUT2D eigenvalue weighted by atomic mass is 10.1. The summed E-state index contributed by atoms with van der Waals surface area (Å²) < 4.78 is 15.4. The summed E-state index contributed by atoms with van der Waals surface area (Å²) in [5.41, 5.74) is 1.72. The van der Waals surface area contributed by atoms with Crippen LogP contribution in [0.15, 0.2) is 6.20 Å². The van der Waals surface area contributed by atoms with Gasteiger partial charge in [-0.05, 0) is 13.8 Å². The summed E-state index contributed by atoms with van der Waals surface area (Å²) in [4.78, 5) is 15.5. The van der Waals surface area contributed by atoms with Gasteiger partial charge in [-0.25, -0.2) is 9.97 Å². The van der Waals surface area contributed by atoms with Gasteiger partial charge in [0.1, 0.15) is 12.7 Å².